The first-order chi connectivity index (χ1) is 11.3. The minimum atomic E-state index is -0.373. The second-order valence-corrected chi connectivity index (χ2v) is 6.38. The highest BCUT2D eigenvalue weighted by Gasteiger charge is 2.56. The number of rotatable bonds is 4. The second kappa shape index (κ2) is 5.70. The van der Waals surface area contributed by atoms with Gasteiger partial charge in [-0.05, 0) is 29.0 Å². The summed E-state index contributed by atoms with van der Waals surface area (Å²) < 4.78 is 0. The lowest BCUT2D eigenvalue weighted by molar-refractivity contribution is 0.216. The van der Waals surface area contributed by atoms with Crippen LogP contribution in [0.1, 0.15) is 28.7 Å². The van der Waals surface area contributed by atoms with Crippen LogP contribution >= 0.6 is 0 Å². The molecule has 3 N–H and O–H groups in total. The van der Waals surface area contributed by atoms with Crippen LogP contribution in [0.5, 0.6) is 0 Å². The van der Waals surface area contributed by atoms with Gasteiger partial charge in [0.25, 0.3) is 0 Å². The van der Waals surface area contributed by atoms with Crippen molar-refractivity contribution >= 4 is 6.03 Å². The van der Waals surface area contributed by atoms with Crippen molar-refractivity contribution in [3.05, 3.63) is 71.3 Å². The molecule has 4 rings (SSSR count). The molecule has 2 aliphatic rings. The molecule has 1 saturated carbocycles. The molecule has 2 amide bonds. The zero-order chi connectivity index (χ0) is 15.8. The van der Waals surface area contributed by atoms with Gasteiger partial charge in [-0.3, -0.25) is 0 Å². The van der Waals surface area contributed by atoms with Gasteiger partial charge in [0, 0.05) is 12.0 Å². The maximum absolute atomic E-state index is 12.2. The molecule has 2 aromatic carbocycles. The molecule has 0 radical (unpaired) electrons. The molecule has 118 valence electrons. The van der Waals surface area contributed by atoms with E-state index in [4.69, 9.17) is 0 Å². The molecule has 4 atom stereocenters. The summed E-state index contributed by atoms with van der Waals surface area (Å²) in [6, 6.07) is 17.7. The number of benzene rings is 2. The average molecular weight is 308 g/mol. The highest BCUT2D eigenvalue weighted by molar-refractivity contribution is 5.76. The lowest BCUT2D eigenvalue weighted by Gasteiger charge is -2.18. The third-order valence-electron chi connectivity index (χ3n) is 5.03. The Hall–Kier alpha value is -2.33. The van der Waals surface area contributed by atoms with E-state index in [0.29, 0.717) is 11.8 Å². The van der Waals surface area contributed by atoms with Gasteiger partial charge < -0.3 is 15.7 Å². The Bertz CT molecular complexity index is 716. The summed E-state index contributed by atoms with van der Waals surface area (Å²) in [7, 11) is 0. The van der Waals surface area contributed by atoms with Crippen LogP contribution in [-0.4, -0.2) is 23.8 Å². The molecule has 0 aromatic heterocycles. The zero-order valence-electron chi connectivity index (χ0n) is 12.8. The number of fused-ring (bicyclic) bond motifs is 3. The number of carbonyl (C=O) groups is 1. The Kier molecular flexibility index (Phi) is 3.54. The normalized spacial score (nSPS) is 25.2. The number of aliphatic hydroxyl groups excluding tert-OH is 1. The van der Waals surface area contributed by atoms with E-state index in [0.717, 1.165) is 12.0 Å². The van der Waals surface area contributed by atoms with Crippen LogP contribution in [0.15, 0.2) is 54.6 Å². The summed E-state index contributed by atoms with van der Waals surface area (Å²) in [5.41, 5.74) is 3.70. The first-order valence-corrected chi connectivity index (χ1v) is 8.08. The van der Waals surface area contributed by atoms with E-state index in [1.165, 1.54) is 11.1 Å². The van der Waals surface area contributed by atoms with Crippen molar-refractivity contribution in [3.63, 3.8) is 0 Å². The lowest BCUT2D eigenvalue weighted by atomic mass is 10.1. The summed E-state index contributed by atoms with van der Waals surface area (Å²) in [5.74, 6) is 0.990. The molecule has 2 aromatic rings. The van der Waals surface area contributed by atoms with Gasteiger partial charge in [-0.25, -0.2) is 4.79 Å². The Morgan fingerprint density at radius 2 is 1.87 bits per heavy atom. The Morgan fingerprint density at radius 3 is 2.65 bits per heavy atom. The molecule has 23 heavy (non-hydrogen) atoms. The van der Waals surface area contributed by atoms with Crippen LogP contribution < -0.4 is 10.6 Å². The maximum Gasteiger partial charge on any atom is 0.315 e. The van der Waals surface area contributed by atoms with E-state index in [1.54, 1.807) is 0 Å². The Balaban J connectivity index is 1.37. The smallest absolute Gasteiger partial charge is 0.315 e. The molecule has 0 saturated heterocycles. The van der Waals surface area contributed by atoms with Crippen LogP contribution in [0.4, 0.5) is 4.79 Å². The molecule has 1 fully saturated rings. The van der Waals surface area contributed by atoms with E-state index in [2.05, 4.69) is 34.9 Å². The first kappa shape index (κ1) is 14.3. The summed E-state index contributed by atoms with van der Waals surface area (Å²) in [5, 5.41) is 15.5. The molecule has 0 aliphatic heterocycles. The maximum atomic E-state index is 12.2. The average Bonchev–Trinajstić information content (AvgIpc) is 3.09. The van der Waals surface area contributed by atoms with Gasteiger partial charge in [0.1, 0.15) is 0 Å². The van der Waals surface area contributed by atoms with Gasteiger partial charge in [0.05, 0.1) is 12.6 Å². The molecule has 0 bridgehead atoms. The molecule has 0 heterocycles. The SMILES string of the molecule is O=C(NC1C2Cc3ccccc3C21)N[C@H](CO)c1ccccc1. The number of nitrogens with one attached hydrogen (secondary N) is 2. The van der Waals surface area contributed by atoms with Crippen LogP contribution in [0.25, 0.3) is 0 Å². The van der Waals surface area contributed by atoms with Crippen LogP contribution in [0, 0.1) is 5.92 Å². The van der Waals surface area contributed by atoms with Crippen LogP contribution in [0.2, 0.25) is 0 Å². The predicted molar refractivity (Wildman–Crippen MR) is 88.1 cm³/mol. The lowest BCUT2D eigenvalue weighted by Crippen LogP contribution is -2.41. The fourth-order valence-corrected chi connectivity index (χ4v) is 3.82. The zero-order valence-corrected chi connectivity index (χ0v) is 12.8. The highest BCUT2D eigenvalue weighted by Crippen LogP contribution is 2.56. The van der Waals surface area contributed by atoms with Crippen molar-refractivity contribution in [1.82, 2.24) is 10.6 Å². The molecule has 2 aliphatic carbocycles. The first-order valence-electron chi connectivity index (χ1n) is 8.08. The van der Waals surface area contributed by atoms with E-state index in [-0.39, 0.29) is 24.7 Å². The van der Waals surface area contributed by atoms with Crippen molar-refractivity contribution in [3.8, 4) is 0 Å². The fraction of sp³-hybridized carbons (Fsp3) is 0.316. The molecule has 3 unspecified atom stereocenters. The summed E-state index contributed by atoms with van der Waals surface area (Å²) >= 11 is 0. The quantitative estimate of drug-likeness (QED) is 0.812. The number of urea groups is 1. The van der Waals surface area contributed by atoms with E-state index in [9.17, 15) is 9.90 Å². The second-order valence-electron chi connectivity index (χ2n) is 6.38. The predicted octanol–water partition coefficient (Wildman–Crippen LogP) is 2.36. The van der Waals surface area contributed by atoms with Crippen molar-refractivity contribution in [1.29, 1.82) is 0 Å². The Morgan fingerprint density at radius 1 is 1.13 bits per heavy atom. The van der Waals surface area contributed by atoms with E-state index < -0.39 is 0 Å². The summed E-state index contributed by atoms with van der Waals surface area (Å²) in [6.45, 7) is -0.113. The molecule has 4 heteroatoms. The van der Waals surface area contributed by atoms with E-state index >= 15 is 0 Å². The third-order valence-corrected chi connectivity index (χ3v) is 5.03. The topological polar surface area (TPSA) is 61.4 Å². The van der Waals surface area contributed by atoms with E-state index in [1.807, 2.05) is 30.3 Å². The number of hydrogen-bond donors (Lipinski definition) is 3. The molecule has 4 nitrogen and oxygen atoms in total. The standard InChI is InChI=1S/C19H20N2O2/c22-11-16(12-6-2-1-3-7-12)20-19(23)21-18-15-10-13-8-4-5-9-14(13)17(15)18/h1-9,15-18,22H,10-11H2,(H2,20,21,23)/t15?,16-,17?,18?/m1/s1. The van der Waals surface area contributed by atoms with Gasteiger partial charge in [-0.2, -0.15) is 0 Å². The number of amides is 2. The minimum Gasteiger partial charge on any atom is -0.394 e. The van der Waals surface area contributed by atoms with Crippen molar-refractivity contribution in [2.24, 2.45) is 5.92 Å². The third kappa shape index (κ3) is 2.59. The summed E-state index contributed by atoms with van der Waals surface area (Å²) in [4.78, 5) is 12.2. The minimum absolute atomic E-state index is 0.113. The molecule has 0 spiro atoms. The van der Waals surface area contributed by atoms with Gasteiger partial charge >= 0.3 is 6.03 Å². The summed E-state index contributed by atoms with van der Waals surface area (Å²) in [6.07, 6.45) is 1.05. The van der Waals surface area contributed by atoms with Crippen LogP contribution in [-0.2, 0) is 6.42 Å². The van der Waals surface area contributed by atoms with Crippen molar-refractivity contribution in [2.75, 3.05) is 6.61 Å². The molecular weight excluding hydrogens is 288 g/mol. The van der Waals surface area contributed by atoms with Gasteiger partial charge in [-0.15, -0.1) is 0 Å². The van der Waals surface area contributed by atoms with Gasteiger partial charge in [0.15, 0.2) is 0 Å². The highest BCUT2D eigenvalue weighted by atomic mass is 16.3. The fourth-order valence-electron chi connectivity index (χ4n) is 3.82. The number of aliphatic hydroxyl groups is 1. The largest absolute Gasteiger partial charge is 0.394 e. The number of hydrogen-bond acceptors (Lipinski definition) is 2. The van der Waals surface area contributed by atoms with Crippen molar-refractivity contribution in [2.45, 2.75) is 24.4 Å². The van der Waals surface area contributed by atoms with Gasteiger partial charge in [0.2, 0.25) is 0 Å². The monoisotopic (exact) mass is 308 g/mol. The van der Waals surface area contributed by atoms with Crippen LogP contribution in [0.3, 0.4) is 0 Å². The van der Waals surface area contributed by atoms with Gasteiger partial charge in [-0.1, -0.05) is 54.6 Å². The van der Waals surface area contributed by atoms with Crippen molar-refractivity contribution < 1.29 is 9.90 Å². The number of carbonyl (C=O) groups excluding carboxylic acids is 1. The molecular formula is C19H20N2O2. The Labute approximate surface area is 135 Å².